The van der Waals surface area contributed by atoms with Crippen molar-refractivity contribution >= 4 is 11.1 Å². The van der Waals surface area contributed by atoms with Crippen LogP contribution in [0.4, 0.5) is 0 Å². The first kappa shape index (κ1) is 45.1. The minimum absolute atomic E-state index is 0.0708. The van der Waals surface area contributed by atoms with E-state index in [1.54, 1.807) is 6.08 Å². The van der Waals surface area contributed by atoms with Gasteiger partial charge in [0.1, 0.15) is 5.76 Å². The van der Waals surface area contributed by atoms with Crippen molar-refractivity contribution in [2.75, 3.05) is 13.2 Å². The summed E-state index contributed by atoms with van der Waals surface area (Å²) in [6.07, 6.45) is 12.8. The maximum Gasteiger partial charge on any atom is 0.195 e. The van der Waals surface area contributed by atoms with Gasteiger partial charge in [-0.2, -0.15) is 0 Å². The Balaban J connectivity index is 1.46. The number of aliphatic hydroxyl groups excluding tert-OH is 1. The van der Waals surface area contributed by atoms with Crippen LogP contribution in [0.3, 0.4) is 0 Å². The molecule has 0 radical (unpaired) electrons. The summed E-state index contributed by atoms with van der Waals surface area (Å²) in [5, 5.41) is 12.6. The molecule has 2 heterocycles. The molecule has 9 heteroatoms. The molecule has 0 amide bonds. The molecule has 326 valence electrons. The minimum Gasteiger partial charge on any atom is -0.507 e. The fraction of sp³-hybridized carbons (Fsp3) is 0.370. The molecule has 4 aromatic carbocycles. The van der Waals surface area contributed by atoms with Crippen molar-refractivity contribution in [3.8, 4) is 45.6 Å². The second kappa shape index (κ2) is 21.5. The lowest BCUT2D eigenvalue weighted by atomic mass is 9.89. The molecule has 63 heavy (non-hydrogen) atoms. The molecular formula is C54H62N6O3. The Bertz CT molecular complexity index is 2410. The third kappa shape index (κ3) is 11.4. The van der Waals surface area contributed by atoms with E-state index in [0.717, 1.165) is 89.5 Å². The zero-order valence-corrected chi connectivity index (χ0v) is 38.0. The van der Waals surface area contributed by atoms with E-state index in [9.17, 15) is 5.11 Å². The first-order chi connectivity index (χ1) is 30.7. The highest BCUT2D eigenvalue weighted by Gasteiger charge is 2.41. The van der Waals surface area contributed by atoms with Crippen LogP contribution in [0.1, 0.15) is 118 Å². The van der Waals surface area contributed by atoms with Crippen LogP contribution in [0, 0.1) is 27.7 Å². The zero-order chi connectivity index (χ0) is 44.2. The molecule has 0 saturated heterocycles. The highest BCUT2D eigenvalue weighted by atomic mass is 16.7. The number of rotatable bonds is 20. The van der Waals surface area contributed by atoms with Gasteiger partial charge in [0.05, 0.1) is 18.8 Å². The largest absolute Gasteiger partial charge is 0.507 e. The molecule has 2 aromatic heterocycles. The van der Waals surface area contributed by atoms with Gasteiger partial charge in [0.25, 0.3) is 0 Å². The fourth-order valence-corrected chi connectivity index (χ4v) is 8.19. The predicted molar refractivity (Wildman–Crippen MR) is 255 cm³/mol. The maximum atomic E-state index is 12.6. The summed E-state index contributed by atoms with van der Waals surface area (Å²) in [6.45, 7) is 13.7. The van der Waals surface area contributed by atoms with Gasteiger partial charge in [0.15, 0.2) is 40.7 Å². The van der Waals surface area contributed by atoms with Crippen LogP contribution in [0.2, 0.25) is 0 Å². The van der Waals surface area contributed by atoms with Gasteiger partial charge in [-0.1, -0.05) is 173 Å². The van der Waals surface area contributed by atoms with Gasteiger partial charge in [-0.25, -0.2) is 29.9 Å². The van der Waals surface area contributed by atoms with E-state index in [0.29, 0.717) is 59.3 Å². The van der Waals surface area contributed by atoms with Gasteiger partial charge in [0.2, 0.25) is 0 Å². The molecule has 0 fully saturated rings. The van der Waals surface area contributed by atoms with Crippen LogP contribution in [-0.4, -0.2) is 54.0 Å². The smallest absolute Gasteiger partial charge is 0.195 e. The van der Waals surface area contributed by atoms with Crippen molar-refractivity contribution < 1.29 is 14.6 Å². The predicted octanol–water partition coefficient (Wildman–Crippen LogP) is 13.4. The van der Waals surface area contributed by atoms with Gasteiger partial charge in [-0.05, 0) is 51.7 Å². The second-order valence-electron chi connectivity index (χ2n) is 16.9. The van der Waals surface area contributed by atoms with Crippen molar-refractivity contribution in [1.29, 1.82) is 0 Å². The number of unbranched alkanes of at least 4 members (excludes halogenated alkanes) is 8. The molecule has 9 nitrogen and oxygen atoms in total. The third-order valence-corrected chi connectivity index (χ3v) is 11.6. The fourth-order valence-electron chi connectivity index (χ4n) is 8.19. The summed E-state index contributed by atoms with van der Waals surface area (Å²) >= 11 is 0. The lowest BCUT2D eigenvalue weighted by Crippen LogP contribution is -2.38. The maximum absolute atomic E-state index is 12.6. The van der Waals surface area contributed by atoms with E-state index < -0.39 is 5.79 Å². The summed E-state index contributed by atoms with van der Waals surface area (Å²) in [6, 6.07) is 32.3. The number of aromatic nitrogens is 6. The van der Waals surface area contributed by atoms with Crippen molar-refractivity contribution in [2.24, 2.45) is 0 Å². The minimum atomic E-state index is -1.30. The number of ether oxygens (including phenoxy) is 2. The van der Waals surface area contributed by atoms with Crippen LogP contribution < -0.4 is 0 Å². The molecule has 1 atom stereocenters. The van der Waals surface area contributed by atoms with Crippen molar-refractivity contribution in [2.45, 2.75) is 118 Å². The van der Waals surface area contributed by atoms with Crippen molar-refractivity contribution in [3.05, 3.63) is 143 Å². The summed E-state index contributed by atoms with van der Waals surface area (Å²) in [4.78, 5) is 30.9. The first-order valence-corrected chi connectivity index (χ1v) is 22.9. The van der Waals surface area contributed by atoms with Gasteiger partial charge in [0, 0.05) is 40.3 Å². The normalized spacial score (nSPS) is 15.2. The molecule has 7 rings (SSSR count). The molecule has 0 saturated carbocycles. The quantitative estimate of drug-likeness (QED) is 0.0592. The van der Waals surface area contributed by atoms with Gasteiger partial charge in [-0.15, -0.1) is 0 Å². The number of nitrogens with zero attached hydrogens (tertiary/aromatic N) is 6. The van der Waals surface area contributed by atoms with Crippen LogP contribution >= 0.6 is 0 Å². The van der Waals surface area contributed by atoms with Crippen molar-refractivity contribution in [1.82, 2.24) is 29.9 Å². The van der Waals surface area contributed by atoms with Gasteiger partial charge in [-0.3, -0.25) is 0 Å². The Labute approximate surface area is 373 Å². The van der Waals surface area contributed by atoms with Crippen molar-refractivity contribution in [3.63, 3.8) is 0 Å². The molecule has 6 aromatic rings. The number of benzene rings is 4. The summed E-state index contributed by atoms with van der Waals surface area (Å²) < 4.78 is 13.7. The molecule has 1 N–H and O–H groups in total. The Morgan fingerprint density at radius 3 is 1.41 bits per heavy atom. The number of hydrogen-bond acceptors (Lipinski definition) is 9. The Kier molecular flexibility index (Phi) is 15.4. The molecule has 1 unspecified atom stereocenters. The standard InChI is InChI=1S/C54H62N6O3/c1-7-9-11-13-14-22-32-63-54(62-31-21-12-10-8-2)35-45(52-59-50(43-29-27-37(3)33-39(43)5)58-51(60-52)44-30-28-38(4)34-40(44)6)47(46(61)36-54)53-56-48(41-23-17-15-18-24-41)55-49(57-53)42-25-19-16-20-26-42/h15-20,23-30,33-34,36,61H,7-14,21-22,31-32,35H2,1-6H3. The first-order valence-electron chi connectivity index (χ1n) is 22.9. The molecule has 0 bridgehead atoms. The van der Waals surface area contributed by atoms with E-state index in [1.807, 2.05) is 60.7 Å². The molecule has 1 aliphatic carbocycles. The molecular weight excluding hydrogens is 781 g/mol. The summed E-state index contributed by atoms with van der Waals surface area (Å²) in [5.74, 6) is 1.31. The number of allylic oxidation sites excluding steroid dienone is 1. The lowest BCUT2D eigenvalue weighted by molar-refractivity contribution is -0.203. The molecule has 1 aliphatic rings. The second-order valence-corrected chi connectivity index (χ2v) is 16.9. The van der Waals surface area contributed by atoms with E-state index in [-0.39, 0.29) is 12.2 Å². The lowest BCUT2D eigenvalue weighted by Gasteiger charge is -2.35. The van der Waals surface area contributed by atoms with E-state index in [1.165, 1.54) is 19.3 Å². The third-order valence-electron chi connectivity index (χ3n) is 11.6. The average molecular weight is 843 g/mol. The summed E-state index contributed by atoms with van der Waals surface area (Å²) in [5.41, 5.74) is 8.80. The number of aliphatic hydroxyl groups is 1. The Hall–Kier alpha value is -5.90. The summed E-state index contributed by atoms with van der Waals surface area (Å²) in [7, 11) is 0. The Morgan fingerprint density at radius 2 is 0.921 bits per heavy atom. The van der Waals surface area contributed by atoms with E-state index in [4.69, 9.17) is 39.4 Å². The van der Waals surface area contributed by atoms with Crippen LogP contribution in [0.5, 0.6) is 0 Å². The molecule has 0 aliphatic heterocycles. The SMILES string of the molecule is CCCCCCCCOC1(OCCCCCC)C=C(O)C(c2nc(-c3ccccc3)nc(-c3ccccc3)n2)=C(c2nc(-c3ccc(C)cc3C)nc(-c3ccc(C)cc3C)n2)C1. The van der Waals surface area contributed by atoms with Crippen LogP contribution in [-0.2, 0) is 9.47 Å². The highest BCUT2D eigenvalue weighted by Crippen LogP contribution is 2.44. The van der Waals surface area contributed by atoms with Gasteiger partial charge < -0.3 is 14.6 Å². The highest BCUT2D eigenvalue weighted by molar-refractivity contribution is 5.96. The van der Waals surface area contributed by atoms with E-state index in [2.05, 4.69) is 77.9 Å². The number of aryl methyl sites for hydroxylation is 4. The molecule has 0 spiro atoms. The monoisotopic (exact) mass is 842 g/mol. The topological polar surface area (TPSA) is 116 Å². The Morgan fingerprint density at radius 1 is 0.492 bits per heavy atom. The number of hydrogen-bond donors (Lipinski definition) is 1. The van der Waals surface area contributed by atoms with Gasteiger partial charge >= 0.3 is 0 Å². The van der Waals surface area contributed by atoms with E-state index >= 15 is 0 Å². The van der Waals surface area contributed by atoms with Crippen LogP contribution in [0.25, 0.3) is 56.7 Å². The average Bonchev–Trinajstić information content (AvgIpc) is 3.29. The van der Waals surface area contributed by atoms with Crippen LogP contribution in [0.15, 0.2) is 109 Å². The zero-order valence-electron chi connectivity index (χ0n) is 38.0.